The lowest BCUT2D eigenvalue weighted by Crippen LogP contribution is -2.17. The highest BCUT2D eigenvalue weighted by atomic mass is 19.4. The van der Waals surface area contributed by atoms with Crippen LogP contribution in [0.5, 0.6) is 5.75 Å². The van der Waals surface area contributed by atoms with Crippen LogP contribution in [0.25, 0.3) is 0 Å². The number of carbonyl (C=O) groups excluding carboxylic acids is 1. The van der Waals surface area contributed by atoms with E-state index in [4.69, 9.17) is 10.00 Å². The van der Waals surface area contributed by atoms with Crippen LogP contribution in [-0.4, -0.2) is 18.9 Å². The average molecular weight is 300 g/mol. The van der Waals surface area contributed by atoms with Crippen molar-refractivity contribution < 1.29 is 27.4 Å². The first-order chi connectivity index (χ1) is 9.85. The number of carbonyl (C=O) groups is 1. The van der Waals surface area contributed by atoms with Gasteiger partial charge in [-0.1, -0.05) is 6.07 Å². The smallest absolute Gasteiger partial charge is 0.500 e. The number of anilines is 1. The first-order valence-corrected chi connectivity index (χ1v) is 5.74. The van der Waals surface area contributed by atoms with Crippen LogP contribution in [-0.2, 0) is 9.53 Å². The van der Waals surface area contributed by atoms with Crippen LogP contribution in [0.15, 0.2) is 36.1 Å². The van der Waals surface area contributed by atoms with Gasteiger partial charge in [0.2, 0.25) is 0 Å². The molecule has 0 unspecified atom stereocenters. The minimum Gasteiger partial charge on any atom is -0.500 e. The lowest BCUT2D eigenvalue weighted by Gasteiger charge is -2.10. The van der Waals surface area contributed by atoms with Crippen LogP contribution in [0, 0.1) is 11.3 Å². The van der Waals surface area contributed by atoms with Gasteiger partial charge in [-0.15, -0.1) is 13.2 Å². The summed E-state index contributed by atoms with van der Waals surface area (Å²) in [4.78, 5) is 11.7. The molecule has 0 bridgehead atoms. The van der Waals surface area contributed by atoms with E-state index in [9.17, 15) is 18.0 Å². The van der Waals surface area contributed by atoms with Crippen molar-refractivity contribution in [3.05, 3.63) is 36.1 Å². The fraction of sp³-hybridized carbons (Fsp3) is 0.231. The van der Waals surface area contributed by atoms with E-state index in [2.05, 4.69) is 10.1 Å². The second-order valence-electron chi connectivity index (χ2n) is 3.63. The summed E-state index contributed by atoms with van der Waals surface area (Å²) in [5.74, 6) is -1.28. The summed E-state index contributed by atoms with van der Waals surface area (Å²) >= 11 is 0. The van der Waals surface area contributed by atoms with Gasteiger partial charge in [-0.25, -0.2) is 0 Å². The third-order valence-corrected chi connectivity index (χ3v) is 2.06. The van der Waals surface area contributed by atoms with E-state index in [0.29, 0.717) is 0 Å². The highest BCUT2D eigenvalue weighted by Crippen LogP contribution is 2.25. The normalized spacial score (nSPS) is 11.5. The Morgan fingerprint density at radius 1 is 1.48 bits per heavy atom. The highest BCUT2D eigenvalue weighted by Gasteiger charge is 2.31. The highest BCUT2D eigenvalue weighted by molar-refractivity contribution is 6.06. The summed E-state index contributed by atoms with van der Waals surface area (Å²) in [6.07, 6.45) is -3.85. The van der Waals surface area contributed by atoms with E-state index < -0.39 is 18.0 Å². The van der Waals surface area contributed by atoms with Gasteiger partial charge in [0.25, 0.3) is 5.91 Å². The summed E-state index contributed by atoms with van der Waals surface area (Å²) in [6, 6.07) is 6.33. The molecular weight excluding hydrogens is 289 g/mol. The standard InChI is InChI=1S/C13H11F3N2O3/c1-2-20-8-9(7-17)12(19)18-10-4-3-5-11(6-10)21-13(14,15)16/h3-6,8H,2H2,1H3,(H,18,19). The lowest BCUT2D eigenvalue weighted by atomic mass is 10.2. The van der Waals surface area contributed by atoms with E-state index in [1.165, 1.54) is 12.1 Å². The van der Waals surface area contributed by atoms with Crippen molar-refractivity contribution in [2.75, 3.05) is 11.9 Å². The number of nitrogens with zero attached hydrogens (tertiary/aromatic N) is 1. The molecule has 112 valence electrons. The van der Waals surface area contributed by atoms with Crippen LogP contribution in [0.3, 0.4) is 0 Å². The Morgan fingerprint density at radius 2 is 2.19 bits per heavy atom. The van der Waals surface area contributed by atoms with Crippen LogP contribution >= 0.6 is 0 Å². The van der Waals surface area contributed by atoms with E-state index >= 15 is 0 Å². The average Bonchev–Trinajstić information content (AvgIpc) is 2.38. The van der Waals surface area contributed by atoms with Crippen molar-refractivity contribution in [2.45, 2.75) is 13.3 Å². The van der Waals surface area contributed by atoms with Crippen molar-refractivity contribution in [2.24, 2.45) is 0 Å². The van der Waals surface area contributed by atoms with Gasteiger partial charge in [-0.2, -0.15) is 5.26 Å². The lowest BCUT2D eigenvalue weighted by molar-refractivity contribution is -0.274. The summed E-state index contributed by atoms with van der Waals surface area (Å²) in [6.45, 7) is 1.94. The fourth-order valence-corrected chi connectivity index (χ4v) is 1.27. The first kappa shape index (κ1) is 16.4. The molecule has 0 aliphatic rings. The Bertz CT molecular complexity index is 577. The number of ether oxygens (including phenoxy) is 2. The molecule has 0 saturated heterocycles. The third kappa shape index (κ3) is 5.86. The molecule has 1 aromatic carbocycles. The molecule has 1 aromatic rings. The second-order valence-corrected chi connectivity index (χ2v) is 3.63. The van der Waals surface area contributed by atoms with Gasteiger partial charge in [0.15, 0.2) is 5.57 Å². The maximum atomic E-state index is 12.1. The molecule has 0 aliphatic carbocycles. The SMILES string of the molecule is CCOC=C(C#N)C(=O)Nc1cccc(OC(F)(F)F)c1. The number of amides is 1. The van der Waals surface area contributed by atoms with Crippen LogP contribution in [0.2, 0.25) is 0 Å². The van der Waals surface area contributed by atoms with Crippen LogP contribution < -0.4 is 10.1 Å². The van der Waals surface area contributed by atoms with Gasteiger partial charge >= 0.3 is 6.36 Å². The molecule has 1 rings (SSSR count). The molecule has 0 aliphatic heterocycles. The molecule has 0 atom stereocenters. The summed E-state index contributed by atoms with van der Waals surface area (Å²) in [5.41, 5.74) is -0.251. The Balaban J connectivity index is 2.81. The quantitative estimate of drug-likeness (QED) is 0.515. The van der Waals surface area contributed by atoms with Crippen molar-refractivity contribution in [1.29, 1.82) is 5.26 Å². The number of nitrogens with one attached hydrogen (secondary N) is 1. The van der Waals surface area contributed by atoms with Crippen molar-refractivity contribution in [3.8, 4) is 11.8 Å². The molecular formula is C13H11F3N2O3. The fourth-order valence-electron chi connectivity index (χ4n) is 1.27. The van der Waals surface area contributed by atoms with Crippen molar-refractivity contribution >= 4 is 11.6 Å². The van der Waals surface area contributed by atoms with E-state index in [0.717, 1.165) is 18.4 Å². The summed E-state index contributed by atoms with van der Waals surface area (Å²) in [5, 5.41) is 11.0. The van der Waals surface area contributed by atoms with E-state index in [1.807, 2.05) is 0 Å². The Labute approximate surface area is 118 Å². The first-order valence-electron chi connectivity index (χ1n) is 5.74. The molecule has 0 spiro atoms. The largest absolute Gasteiger partial charge is 0.573 e. The number of hydrogen-bond acceptors (Lipinski definition) is 4. The molecule has 0 radical (unpaired) electrons. The molecule has 21 heavy (non-hydrogen) atoms. The van der Waals surface area contributed by atoms with Crippen molar-refractivity contribution in [3.63, 3.8) is 0 Å². The minimum absolute atomic E-state index is 0.0550. The molecule has 1 amide bonds. The van der Waals surface area contributed by atoms with Gasteiger partial charge in [-0.3, -0.25) is 4.79 Å². The summed E-state index contributed by atoms with van der Waals surface area (Å²) < 4.78 is 44.8. The number of halogens is 3. The predicted octanol–water partition coefficient (Wildman–Crippen LogP) is 2.97. The van der Waals surface area contributed by atoms with Gasteiger partial charge in [0.1, 0.15) is 18.1 Å². The molecule has 0 fully saturated rings. The molecule has 5 nitrogen and oxygen atoms in total. The molecule has 0 heterocycles. The third-order valence-electron chi connectivity index (χ3n) is 2.06. The molecule has 1 N–H and O–H groups in total. The van der Waals surface area contributed by atoms with Gasteiger partial charge in [0, 0.05) is 11.8 Å². The zero-order valence-electron chi connectivity index (χ0n) is 10.9. The molecule has 8 heteroatoms. The number of nitriles is 1. The minimum atomic E-state index is -4.82. The summed E-state index contributed by atoms with van der Waals surface area (Å²) in [7, 11) is 0. The Morgan fingerprint density at radius 3 is 2.76 bits per heavy atom. The van der Waals surface area contributed by atoms with Gasteiger partial charge < -0.3 is 14.8 Å². The zero-order valence-corrected chi connectivity index (χ0v) is 10.9. The zero-order chi connectivity index (χ0) is 15.9. The monoisotopic (exact) mass is 300 g/mol. The maximum Gasteiger partial charge on any atom is 0.573 e. The van der Waals surface area contributed by atoms with Gasteiger partial charge in [-0.05, 0) is 19.1 Å². The number of rotatable bonds is 5. The topological polar surface area (TPSA) is 71.3 Å². The Hall–Kier alpha value is -2.69. The van der Waals surface area contributed by atoms with Gasteiger partial charge in [0.05, 0.1) is 6.61 Å². The number of hydrogen-bond donors (Lipinski definition) is 1. The predicted molar refractivity (Wildman–Crippen MR) is 67.1 cm³/mol. The van der Waals surface area contributed by atoms with E-state index in [1.54, 1.807) is 13.0 Å². The Kier molecular flexibility index (Phi) is 5.60. The van der Waals surface area contributed by atoms with E-state index in [-0.39, 0.29) is 17.9 Å². The van der Waals surface area contributed by atoms with Crippen LogP contribution in [0.1, 0.15) is 6.92 Å². The second kappa shape index (κ2) is 7.19. The van der Waals surface area contributed by atoms with Crippen molar-refractivity contribution in [1.82, 2.24) is 0 Å². The molecule has 0 aromatic heterocycles. The maximum absolute atomic E-state index is 12.1. The van der Waals surface area contributed by atoms with Crippen LogP contribution in [0.4, 0.5) is 18.9 Å². The number of alkyl halides is 3. The number of benzene rings is 1. The molecule has 0 saturated carbocycles.